The van der Waals surface area contributed by atoms with Crippen LogP contribution >= 0.6 is 41.3 Å². The molecule has 5 aromatic rings. The minimum Gasteiger partial charge on any atom is -0.394 e. The number of aliphatic hydroxyl groups excluding tert-OH is 5. The third kappa shape index (κ3) is 30.6. The number of hydrogen-bond acceptors (Lipinski definition) is 40. The van der Waals surface area contributed by atoms with Crippen molar-refractivity contribution < 1.29 is 166 Å². The minimum absolute atomic E-state index is 0.0817. The zero-order valence-corrected chi connectivity index (χ0v) is 76.2. The van der Waals surface area contributed by atoms with Gasteiger partial charge in [-0.15, -0.1) is 47.1 Å². The average molecular weight is 1950 g/mol. The van der Waals surface area contributed by atoms with E-state index in [1.807, 2.05) is 0 Å². The second-order valence-corrected chi connectivity index (χ2v) is 32.4. The fourth-order valence-corrected chi connectivity index (χ4v) is 15.6. The molecule has 15 N–H and O–H groups in total. The van der Waals surface area contributed by atoms with E-state index in [0.29, 0.717) is 0 Å². The molecule has 0 radical (unpaired) electrons. The summed E-state index contributed by atoms with van der Waals surface area (Å²) < 4.78 is 168. The molecule has 10 heterocycles. The molecule has 5 aliphatic rings. The molecule has 0 saturated carbocycles. The highest BCUT2D eigenvalue weighted by atomic mass is 31.1. The number of aromatic nitrogens is 10. The molecule has 5 fully saturated rings. The van der Waals surface area contributed by atoms with Crippen molar-refractivity contribution in [3.8, 4) is 0 Å². The maximum Gasteiger partial charge on any atom is 0.695 e. The Hall–Kier alpha value is -7.30. The lowest BCUT2D eigenvalue weighted by atomic mass is 10.1. The van der Waals surface area contributed by atoms with Gasteiger partial charge in [-0.05, 0) is 62.3 Å². The van der Waals surface area contributed by atoms with E-state index in [1.54, 1.807) is 27.7 Å². The normalized spacial score (nSPS) is 27.4. The molecule has 5 aromatic heterocycles. The van der Waals surface area contributed by atoms with Crippen LogP contribution in [-0.4, -0.2) is 322 Å². The van der Waals surface area contributed by atoms with Gasteiger partial charge in [0.15, 0.2) is 61.7 Å². The zero-order chi connectivity index (χ0) is 96.3. The molecule has 129 heavy (non-hydrogen) atoms. The zero-order valence-electron chi connectivity index (χ0n) is 71.8. The fourth-order valence-electron chi connectivity index (χ4n) is 13.2. The van der Waals surface area contributed by atoms with E-state index in [4.69, 9.17) is 118 Å². The first-order valence-corrected chi connectivity index (χ1v) is 44.4. The van der Waals surface area contributed by atoms with E-state index in [-0.39, 0.29) is 79.7 Å². The van der Waals surface area contributed by atoms with Crippen LogP contribution in [0.3, 0.4) is 0 Å². The van der Waals surface area contributed by atoms with Gasteiger partial charge in [0, 0.05) is 117 Å². The van der Waals surface area contributed by atoms with Crippen molar-refractivity contribution in [2.45, 2.75) is 209 Å². The summed E-state index contributed by atoms with van der Waals surface area (Å²) in [5, 5.41) is 47.6. The molecule has 5 aliphatic heterocycles. The van der Waals surface area contributed by atoms with Crippen LogP contribution in [0.4, 0.5) is 0 Å². The summed E-state index contributed by atoms with van der Waals surface area (Å²) in [6, 6.07) is 0. The van der Waals surface area contributed by atoms with Crippen molar-refractivity contribution in [1.82, 2.24) is 47.8 Å². The van der Waals surface area contributed by atoms with Crippen molar-refractivity contribution >= 4 is 41.3 Å². The Kier molecular flexibility index (Phi) is 45.3. The van der Waals surface area contributed by atoms with Crippen molar-refractivity contribution in [3.63, 3.8) is 0 Å². The Morgan fingerprint density at radius 2 is 0.519 bits per heavy atom. The molecule has 724 valence electrons. The third-order valence-corrected chi connectivity index (χ3v) is 21.6. The molecule has 60 heteroatoms. The van der Waals surface area contributed by atoms with Crippen molar-refractivity contribution in [2.75, 3.05) is 108 Å². The topological polar surface area (TPSA) is 747 Å². The number of ether oxygens (including phenoxy) is 15. The van der Waals surface area contributed by atoms with Gasteiger partial charge in [-0.2, -0.15) is 0 Å². The first kappa shape index (κ1) is 110. The van der Waals surface area contributed by atoms with Gasteiger partial charge in [0.05, 0.1) is 97.1 Å². The highest BCUT2D eigenvalue weighted by Gasteiger charge is 2.57. The summed E-state index contributed by atoms with van der Waals surface area (Å²) in [6.07, 6.45) is -16.1. The largest absolute Gasteiger partial charge is 0.695 e. The molecule has 10 rings (SSSR count). The molecule has 0 bridgehead atoms. The Morgan fingerprint density at radius 1 is 0.310 bits per heavy atom. The van der Waals surface area contributed by atoms with Gasteiger partial charge in [0.25, 0.3) is 27.8 Å². The Morgan fingerprint density at radius 3 is 0.713 bits per heavy atom. The van der Waals surface area contributed by atoms with E-state index < -0.39 is 265 Å². The summed E-state index contributed by atoms with van der Waals surface area (Å²) in [4.78, 5) is 175. The van der Waals surface area contributed by atoms with Crippen molar-refractivity contribution in [3.05, 3.63) is 163 Å². The van der Waals surface area contributed by atoms with E-state index in [0.717, 1.165) is 22.8 Å². The average Bonchev–Trinajstić information content (AvgIpc) is 1.68. The number of hydrogen-bond donors (Lipinski definition) is 15. The summed E-state index contributed by atoms with van der Waals surface area (Å²) in [6.45, 7) is 12.7. The van der Waals surface area contributed by atoms with Crippen LogP contribution in [0.5, 0.6) is 0 Å². The van der Waals surface area contributed by atoms with Gasteiger partial charge >= 0.3 is 69.7 Å². The number of aliphatic hydroxyl groups is 5. The number of nitrogens with zero attached hydrogens (tertiary/aromatic N) is 5. The quantitative estimate of drug-likeness (QED) is 0.0130. The Bertz CT molecular complexity index is 4910. The molecule has 5 saturated heterocycles. The third-order valence-electron chi connectivity index (χ3n) is 19.5. The summed E-state index contributed by atoms with van der Waals surface area (Å²) in [5.74, 6) is 0. The van der Waals surface area contributed by atoms with Gasteiger partial charge in [0.2, 0.25) is 0 Å². The van der Waals surface area contributed by atoms with Gasteiger partial charge < -0.3 is 96.6 Å². The standard InChI is InChI=1S/4C14H21N2O9P.C13H19N2O9P/c2*1-7-4-16(14(19)15-12(7)18)13-11(23-6-8(2)22-3)10(25-26(20)21)9(5-17)24-13;2*1-7-4-16(14(19)15-12(7)18)13-11(23-8(2)6-22-3)10(25-26(20)21)9(5-17)24-13;1-7-5-15(13(18)14-11(7)17)12-10(22-4-3-21-2)9(24-25(19)20)8(6-16)23-12/h4*4,8-11,13,17H,5-6H2,1-3H3,(H-,15,18,19,20,21);5,8-10,12,16H,3-4,6H2,1-2H3,(H-,14,17,18,19,20)/p+5/t8-,9+,10?,11-,13+;8-,9-,10?,11+,13-;8-,9+,10?,11-,13+;8-,9-,10?,11+,13-;8-,9?,10+,12-/m01011/s1. The highest BCUT2D eigenvalue weighted by molar-refractivity contribution is 7.33. The van der Waals surface area contributed by atoms with E-state index in [2.05, 4.69) is 24.9 Å². The van der Waals surface area contributed by atoms with Crippen LogP contribution < -0.4 is 56.2 Å². The summed E-state index contributed by atoms with van der Waals surface area (Å²) >= 11 is 0. The van der Waals surface area contributed by atoms with Crippen LogP contribution in [0.1, 0.15) is 86.7 Å². The molecule has 55 nitrogen and oxygen atoms in total. The van der Waals surface area contributed by atoms with Gasteiger partial charge in [0.1, 0.15) is 61.0 Å². The maximum atomic E-state index is 12.2. The molecule has 10 unspecified atom stereocenters. The van der Waals surface area contributed by atoms with E-state index >= 15 is 0 Å². The fraction of sp³-hybridized carbons (Fsp3) is 0.710. The predicted octanol–water partition coefficient (Wildman–Crippen LogP) is -4.44. The number of H-pyrrole nitrogens is 5. The van der Waals surface area contributed by atoms with Crippen LogP contribution in [0.25, 0.3) is 0 Å². The van der Waals surface area contributed by atoms with Crippen molar-refractivity contribution in [1.29, 1.82) is 0 Å². The minimum atomic E-state index is -3.01. The van der Waals surface area contributed by atoms with Crippen LogP contribution in [0, 0.1) is 34.6 Å². The number of nitrogens with one attached hydrogen (secondary N) is 5. The summed E-state index contributed by atoms with van der Waals surface area (Å²) in [5.41, 5.74) is -5.14. The van der Waals surface area contributed by atoms with Crippen LogP contribution in [-0.2, 0) is 116 Å². The molecular weight excluding hydrogens is 1840 g/mol. The van der Waals surface area contributed by atoms with E-state index in [9.17, 15) is 96.3 Å². The number of aromatic amines is 5. The number of methoxy groups -OCH3 is 5. The number of aryl methyl sites for hydroxylation is 5. The van der Waals surface area contributed by atoms with Crippen molar-refractivity contribution in [2.24, 2.45) is 0 Å². The lowest BCUT2D eigenvalue weighted by Crippen LogP contribution is -2.42. The smallest absolute Gasteiger partial charge is 0.394 e. The lowest BCUT2D eigenvalue weighted by molar-refractivity contribution is -0.109. The SMILES string of the molecule is COCCO[C@H]1C(O[P+](=O)O)[C@@H](CO)O[C@H]1n1cc(C)c(=O)[nH]c1=O.COC[C@@H](C)O[C@H]1C(O[P+](=O)O)[C@@H](CO)O[C@H]1n1cc(C)c(=O)[nH]c1=O.COC[C@H](C)O[C@H]1C(O[P+](=O)O)[C@@H](CO)O[C@H]1n1cc(C)c(=O)[nH]c1=O.CO[C@@H](C)CO[C@H]1C(O[P+](=O)O)[C@@H](CO)O[C@H]1n1cc(C)c(=O)[nH]c1=O.CO[C@H](C)CO[C@H]1C(O[P+](=O)O)[C@@H](CO)O[C@H]1n1cc(C)c(=O)[nH]c1=O. The predicted molar refractivity (Wildman–Crippen MR) is 435 cm³/mol. The van der Waals surface area contributed by atoms with Gasteiger partial charge in [-0.3, -0.25) is 71.7 Å². The first-order chi connectivity index (χ1) is 61.0. The first-order valence-electron chi connectivity index (χ1n) is 38.8. The molecule has 0 aliphatic carbocycles. The molecular formula is C69H108N10O45P5+5. The second kappa shape index (κ2) is 53.0. The molecule has 29 atom stereocenters. The Balaban J connectivity index is 0.000000249. The molecule has 0 amide bonds. The Labute approximate surface area is 733 Å². The molecule has 0 spiro atoms. The summed E-state index contributed by atoms with van der Waals surface area (Å²) in [7, 11) is -7.62. The van der Waals surface area contributed by atoms with E-state index in [1.165, 1.54) is 101 Å². The highest BCUT2D eigenvalue weighted by Crippen LogP contribution is 2.43. The van der Waals surface area contributed by atoms with Gasteiger partial charge in [-0.25, -0.2) is 24.0 Å². The number of rotatable bonds is 40. The van der Waals surface area contributed by atoms with Crippen LogP contribution in [0.2, 0.25) is 0 Å². The second-order valence-electron chi connectivity index (χ2n) is 28.9. The van der Waals surface area contributed by atoms with Gasteiger partial charge in [-0.1, -0.05) is 0 Å². The molecule has 0 aromatic carbocycles. The van der Waals surface area contributed by atoms with Crippen LogP contribution in [0.15, 0.2) is 78.9 Å². The maximum absolute atomic E-state index is 12.2. The monoisotopic (exact) mass is 1950 g/mol. The lowest BCUT2D eigenvalue weighted by Gasteiger charge is -2.25.